The van der Waals surface area contributed by atoms with Crippen molar-refractivity contribution in [2.75, 3.05) is 51.7 Å². The number of morpholine rings is 1. The highest BCUT2D eigenvalue weighted by Crippen LogP contribution is 2.13. The number of ether oxygens (including phenoxy) is 1. The fraction of sp³-hybridized carbons (Fsp3) is 0.944. The van der Waals surface area contributed by atoms with Crippen LogP contribution in [0.3, 0.4) is 0 Å². The molecule has 0 aliphatic carbocycles. The molecule has 2 atom stereocenters. The molecule has 1 fully saturated rings. The summed E-state index contributed by atoms with van der Waals surface area (Å²) in [5, 5.41) is 6.61. The van der Waals surface area contributed by atoms with Crippen LogP contribution in [0.4, 0.5) is 0 Å². The predicted molar refractivity (Wildman–Crippen MR) is 123 cm³/mol. The summed E-state index contributed by atoms with van der Waals surface area (Å²) in [6.07, 6.45) is 0. The van der Waals surface area contributed by atoms with E-state index < -0.39 is 10.8 Å². The first kappa shape index (κ1) is 26.1. The molecule has 0 aromatic rings. The summed E-state index contributed by atoms with van der Waals surface area (Å²) in [5.41, 5.74) is 0. The number of nitrogens with one attached hydrogen (secondary N) is 2. The van der Waals surface area contributed by atoms with E-state index in [0.717, 1.165) is 45.4 Å². The van der Waals surface area contributed by atoms with Crippen LogP contribution in [0.2, 0.25) is 0 Å². The molecule has 1 aliphatic heterocycles. The van der Waals surface area contributed by atoms with Crippen molar-refractivity contribution < 1.29 is 8.95 Å². The van der Waals surface area contributed by atoms with Gasteiger partial charge in [-0.1, -0.05) is 13.8 Å². The van der Waals surface area contributed by atoms with Crippen LogP contribution in [-0.4, -0.2) is 77.5 Å². The smallest absolute Gasteiger partial charge is 0.191 e. The van der Waals surface area contributed by atoms with E-state index in [9.17, 15) is 4.21 Å². The van der Waals surface area contributed by atoms with Crippen LogP contribution >= 0.6 is 24.0 Å². The predicted octanol–water partition coefficient (Wildman–Crippen LogP) is 2.06. The van der Waals surface area contributed by atoms with Gasteiger partial charge in [0, 0.05) is 53.5 Å². The van der Waals surface area contributed by atoms with Crippen molar-refractivity contribution in [3.63, 3.8) is 0 Å². The number of halogens is 1. The van der Waals surface area contributed by atoms with E-state index in [0.29, 0.717) is 24.3 Å². The van der Waals surface area contributed by atoms with Gasteiger partial charge in [-0.3, -0.25) is 14.1 Å². The van der Waals surface area contributed by atoms with Crippen LogP contribution in [-0.2, 0) is 15.5 Å². The van der Waals surface area contributed by atoms with E-state index in [1.807, 2.05) is 20.8 Å². The van der Waals surface area contributed by atoms with Gasteiger partial charge in [-0.25, -0.2) is 0 Å². The summed E-state index contributed by atoms with van der Waals surface area (Å²) in [4.78, 5) is 7.26. The topological polar surface area (TPSA) is 66.0 Å². The van der Waals surface area contributed by atoms with Gasteiger partial charge in [0.15, 0.2) is 5.96 Å². The number of aliphatic imine (C=N–C) groups is 1. The van der Waals surface area contributed by atoms with E-state index in [2.05, 4.69) is 36.3 Å². The third kappa shape index (κ3) is 9.85. The minimum absolute atomic E-state index is 0. The fourth-order valence-corrected chi connectivity index (χ4v) is 3.65. The standard InChI is InChI=1S/C18H38N4O2S.HI/c1-7-19-17(20-8-13-25(23)18(4,5)6)21-14-16(15(2)3)22-9-11-24-12-10-22;/h15-16H,7-14H2,1-6H3,(H2,19,20,21);1H. The minimum Gasteiger partial charge on any atom is -0.379 e. The van der Waals surface area contributed by atoms with E-state index in [4.69, 9.17) is 9.73 Å². The lowest BCUT2D eigenvalue weighted by atomic mass is 10.0. The molecule has 1 rings (SSSR count). The molecule has 0 saturated carbocycles. The summed E-state index contributed by atoms with van der Waals surface area (Å²) >= 11 is 0. The Balaban J connectivity index is 0.00000625. The molecule has 0 spiro atoms. The number of hydrogen-bond acceptors (Lipinski definition) is 4. The van der Waals surface area contributed by atoms with Crippen LogP contribution in [0, 0.1) is 5.92 Å². The van der Waals surface area contributed by atoms with Crippen molar-refractivity contribution in [1.29, 1.82) is 0 Å². The molecular formula is C18H39IN4O2S. The third-order valence-corrected chi connectivity index (χ3v) is 6.27. The third-order valence-electron chi connectivity index (χ3n) is 4.33. The zero-order chi connectivity index (χ0) is 18.9. The van der Waals surface area contributed by atoms with Crippen LogP contribution in [0.1, 0.15) is 41.5 Å². The van der Waals surface area contributed by atoms with Crippen molar-refractivity contribution in [2.45, 2.75) is 52.3 Å². The van der Waals surface area contributed by atoms with Gasteiger partial charge in [0.2, 0.25) is 0 Å². The second-order valence-corrected chi connectivity index (χ2v) is 10.1. The van der Waals surface area contributed by atoms with Crippen LogP contribution in [0.25, 0.3) is 0 Å². The van der Waals surface area contributed by atoms with E-state index in [1.54, 1.807) is 0 Å². The van der Waals surface area contributed by atoms with Gasteiger partial charge >= 0.3 is 0 Å². The molecule has 1 heterocycles. The van der Waals surface area contributed by atoms with Crippen LogP contribution < -0.4 is 10.6 Å². The summed E-state index contributed by atoms with van der Waals surface area (Å²) in [6, 6.07) is 0.420. The van der Waals surface area contributed by atoms with Gasteiger partial charge in [0.05, 0.1) is 19.8 Å². The van der Waals surface area contributed by atoms with E-state index >= 15 is 0 Å². The van der Waals surface area contributed by atoms with Gasteiger partial charge in [0.1, 0.15) is 0 Å². The summed E-state index contributed by atoms with van der Waals surface area (Å²) < 4.78 is 17.5. The Hall–Kier alpha value is 0.0700. The quantitative estimate of drug-likeness (QED) is 0.302. The second-order valence-electron chi connectivity index (χ2n) is 7.77. The average molecular weight is 503 g/mol. The Morgan fingerprint density at radius 3 is 2.35 bits per heavy atom. The maximum atomic E-state index is 12.2. The molecule has 1 saturated heterocycles. The number of rotatable bonds is 8. The Morgan fingerprint density at radius 2 is 1.85 bits per heavy atom. The lowest BCUT2D eigenvalue weighted by Crippen LogP contribution is -2.48. The molecule has 6 nitrogen and oxygen atoms in total. The van der Waals surface area contributed by atoms with E-state index in [1.165, 1.54) is 0 Å². The number of hydrogen-bond donors (Lipinski definition) is 2. The van der Waals surface area contributed by atoms with Gasteiger partial charge in [-0.15, -0.1) is 24.0 Å². The fourth-order valence-electron chi connectivity index (χ4n) is 2.75. The van der Waals surface area contributed by atoms with Gasteiger partial charge in [-0.2, -0.15) is 0 Å². The molecule has 156 valence electrons. The largest absolute Gasteiger partial charge is 0.379 e. The minimum atomic E-state index is -0.849. The Bertz CT molecular complexity index is 435. The van der Waals surface area contributed by atoms with Gasteiger partial charge in [0.25, 0.3) is 0 Å². The van der Waals surface area contributed by atoms with Crippen molar-refractivity contribution in [3.8, 4) is 0 Å². The lowest BCUT2D eigenvalue weighted by Gasteiger charge is -2.36. The Labute approximate surface area is 179 Å². The van der Waals surface area contributed by atoms with Crippen molar-refractivity contribution >= 4 is 40.7 Å². The summed E-state index contributed by atoms with van der Waals surface area (Å²) in [5.74, 6) is 1.98. The highest BCUT2D eigenvalue weighted by atomic mass is 127. The van der Waals surface area contributed by atoms with Crippen LogP contribution in [0.5, 0.6) is 0 Å². The molecule has 8 heteroatoms. The van der Waals surface area contributed by atoms with Crippen molar-refractivity contribution in [1.82, 2.24) is 15.5 Å². The molecule has 0 aromatic carbocycles. The first-order valence-corrected chi connectivity index (χ1v) is 10.8. The molecule has 0 bridgehead atoms. The summed E-state index contributed by atoms with van der Waals surface area (Å²) in [6.45, 7) is 18.4. The second kappa shape index (κ2) is 13.3. The van der Waals surface area contributed by atoms with E-state index in [-0.39, 0.29) is 28.7 Å². The monoisotopic (exact) mass is 502 g/mol. The molecule has 2 N–H and O–H groups in total. The number of guanidine groups is 1. The summed E-state index contributed by atoms with van der Waals surface area (Å²) in [7, 11) is -0.849. The van der Waals surface area contributed by atoms with Gasteiger partial charge < -0.3 is 15.4 Å². The SMILES string of the molecule is CCNC(=NCC(C(C)C)N1CCOCC1)NCCS(=O)C(C)(C)C.I. The molecule has 2 unspecified atom stereocenters. The maximum Gasteiger partial charge on any atom is 0.191 e. The molecular weight excluding hydrogens is 463 g/mol. The first-order chi connectivity index (χ1) is 11.8. The molecule has 1 aliphatic rings. The molecule has 26 heavy (non-hydrogen) atoms. The average Bonchev–Trinajstić information content (AvgIpc) is 2.54. The maximum absolute atomic E-state index is 12.2. The van der Waals surface area contributed by atoms with Gasteiger partial charge in [-0.05, 0) is 33.6 Å². The van der Waals surface area contributed by atoms with Crippen LogP contribution in [0.15, 0.2) is 4.99 Å². The highest BCUT2D eigenvalue weighted by molar-refractivity contribution is 14.0. The zero-order valence-corrected chi connectivity index (χ0v) is 20.5. The van der Waals surface area contributed by atoms with Crippen molar-refractivity contribution in [2.24, 2.45) is 10.9 Å². The molecule has 0 aromatic heterocycles. The lowest BCUT2D eigenvalue weighted by molar-refractivity contribution is 0.00867. The van der Waals surface area contributed by atoms with Crippen molar-refractivity contribution in [3.05, 3.63) is 0 Å². The highest BCUT2D eigenvalue weighted by Gasteiger charge is 2.23. The normalized spacial score (nSPS) is 19.0. The molecule has 0 radical (unpaired) electrons. The Kier molecular flexibility index (Phi) is 13.3. The molecule has 0 amide bonds. The first-order valence-electron chi connectivity index (χ1n) is 9.48. The Morgan fingerprint density at radius 1 is 1.23 bits per heavy atom. The zero-order valence-electron chi connectivity index (χ0n) is 17.3. The number of nitrogens with zero attached hydrogens (tertiary/aromatic N) is 2.